The topological polar surface area (TPSA) is 32.3 Å². The molecule has 100 valence electrons. The van der Waals surface area contributed by atoms with E-state index in [0.717, 1.165) is 34.3 Å². The number of rotatable bonds is 1. The first kappa shape index (κ1) is 15.7. The van der Waals surface area contributed by atoms with Gasteiger partial charge in [-0.25, -0.2) is 0 Å². The highest BCUT2D eigenvalue weighted by Gasteiger charge is 2.25. The molecule has 1 amide bonds. The van der Waals surface area contributed by atoms with E-state index in [-0.39, 0.29) is 24.4 Å². The quantitative estimate of drug-likeness (QED) is 0.759. The van der Waals surface area contributed by atoms with Crippen LogP contribution in [0.5, 0.6) is 0 Å². The average Bonchev–Trinajstić information content (AvgIpc) is 2.32. The second kappa shape index (κ2) is 6.73. The maximum absolute atomic E-state index is 12.5. The van der Waals surface area contributed by atoms with Crippen molar-refractivity contribution in [3.63, 3.8) is 0 Å². The zero-order chi connectivity index (χ0) is 12.4. The number of piperazine rings is 1. The Bertz CT molecular complexity index is 439. The van der Waals surface area contributed by atoms with E-state index in [0.29, 0.717) is 0 Å². The molecule has 1 aliphatic rings. The number of carbonyl (C=O) groups excluding carboxylic acids is 1. The lowest BCUT2D eigenvalue weighted by atomic mass is 10.1. The van der Waals surface area contributed by atoms with Crippen molar-refractivity contribution in [1.82, 2.24) is 10.2 Å². The minimum atomic E-state index is 0. The molecule has 0 radical (unpaired) electrons. The summed E-state index contributed by atoms with van der Waals surface area (Å²) in [6.07, 6.45) is 0. The highest BCUT2D eigenvalue weighted by Crippen LogP contribution is 2.19. The molecule has 1 heterocycles. The number of hydrogen-bond donors (Lipinski definition) is 1. The fraction of sp³-hybridized carbons (Fsp3) is 0.462. The van der Waals surface area contributed by atoms with Gasteiger partial charge in [-0.1, -0.05) is 6.07 Å². The van der Waals surface area contributed by atoms with E-state index in [4.69, 9.17) is 0 Å². The fourth-order valence-electron chi connectivity index (χ4n) is 2.14. The predicted molar refractivity (Wildman–Crippen MR) is 84.5 cm³/mol. The molecule has 1 aromatic rings. The fourth-order valence-corrected chi connectivity index (χ4v) is 2.63. The van der Waals surface area contributed by atoms with Crippen molar-refractivity contribution in [2.45, 2.75) is 19.9 Å². The van der Waals surface area contributed by atoms with E-state index >= 15 is 0 Å². The number of amides is 1. The Morgan fingerprint density at radius 1 is 1.50 bits per heavy atom. The van der Waals surface area contributed by atoms with E-state index in [9.17, 15) is 4.79 Å². The zero-order valence-electron chi connectivity index (χ0n) is 10.6. The van der Waals surface area contributed by atoms with Crippen molar-refractivity contribution in [2.75, 3.05) is 19.6 Å². The monoisotopic (exact) mass is 380 g/mol. The van der Waals surface area contributed by atoms with Crippen LogP contribution in [0.1, 0.15) is 22.8 Å². The second-order valence-corrected chi connectivity index (χ2v) is 5.63. The smallest absolute Gasteiger partial charge is 0.254 e. The summed E-state index contributed by atoms with van der Waals surface area (Å²) >= 11 is 2.28. The van der Waals surface area contributed by atoms with Gasteiger partial charge in [0.1, 0.15) is 0 Å². The third-order valence-electron chi connectivity index (χ3n) is 3.26. The summed E-state index contributed by atoms with van der Waals surface area (Å²) in [6, 6.07) is 6.19. The SMILES string of the molecule is Cc1c(I)cccc1C(=O)N1CCNC[C@H]1C.Cl. The van der Waals surface area contributed by atoms with E-state index in [1.54, 1.807) is 0 Å². The Hall–Kier alpha value is -0.330. The molecule has 0 bridgehead atoms. The van der Waals surface area contributed by atoms with Gasteiger partial charge in [-0.15, -0.1) is 12.4 Å². The van der Waals surface area contributed by atoms with Crippen LogP contribution in [0.15, 0.2) is 18.2 Å². The standard InChI is InChI=1S/C13H17IN2O.ClH/c1-9-8-15-6-7-16(9)13(17)11-4-3-5-12(14)10(11)2;/h3-5,9,15H,6-8H2,1-2H3;1H/t9-;/m1./s1. The summed E-state index contributed by atoms with van der Waals surface area (Å²) in [5, 5.41) is 3.30. The van der Waals surface area contributed by atoms with Crippen molar-refractivity contribution in [2.24, 2.45) is 0 Å². The molecule has 1 aromatic carbocycles. The largest absolute Gasteiger partial charge is 0.333 e. The van der Waals surface area contributed by atoms with E-state index < -0.39 is 0 Å². The first-order chi connectivity index (χ1) is 8.11. The van der Waals surface area contributed by atoms with Gasteiger partial charge in [0.2, 0.25) is 0 Å². The average molecular weight is 381 g/mol. The maximum Gasteiger partial charge on any atom is 0.254 e. The van der Waals surface area contributed by atoms with Crippen LogP contribution in [0.2, 0.25) is 0 Å². The Morgan fingerprint density at radius 3 is 2.89 bits per heavy atom. The molecular formula is C13H18ClIN2O. The van der Waals surface area contributed by atoms with Gasteiger partial charge in [0.15, 0.2) is 0 Å². The Labute approximate surface area is 128 Å². The molecule has 1 fully saturated rings. The molecule has 1 aliphatic heterocycles. The van der Waals surface area contributed by atoms with Crippen LogP contribution < -0.4 is 5.32 Å². The third kappa shape index (κ3) is 3.16. The van der Waals surface area contributed by atoms with E-state index in [1.165, 1.54) is 0 Å². The molecular weight excluding hydrogens is 363 g/mol. The molecule has 0 unspecified atom stereocenters. The number of nitrogens with zero attached hydrogens (tertiary/aromatic N) is 1. The summed E-state index contributed by atoms with van der Waals surface area (Å²) in [6.45, 7) is 6.67. The molecule has 1 N–H and O–H groups in total. The number of halogens is 2. The minimum absolute atomic E-state index is 0. The Balaban J connectivity index is 0.00000162. The van der Waals surface area contributed by atoms with Gasteiger partial charge in [0.25, 0.3) is 5.91 Å². The molecule has 1 saturated heterocycles. The highest BCUT2D eigenvalue weighted by atomic mass is 127. The van der Waals surface area contributed by atoms with Gasteiger partial charge in [-0.05, 0) is 54.1 Å². The molecule has 0 aromatic heterocycles. The van der Waals surface area contributed by atoms with Crippen LogP contribution in [0.3, 0.4) is 0 Å². The van der Waals surface area contributed by atoms with Crippen LogP contribution >= 0.6 is 35.0 Å². The van der Waals surface area contributed by atoms with Crippen molar-refractivity contribution in [3.05, 3.63) is 32.9 Å². The predicted octanol–water partition coefficient (Wildman–Crippen LogP) is 2.46. The molecule has 0 saturated carbocycles. The Morgan fingerprint density at radius 2 is 2.22 bits per heavy atom. The minimum Gasteiger partial charge on any atom is -0.333 e. The summed E-state index contributed by atoms with van der Waals surface area (Å²) < 4.78 is 1.15. The number of carbonyl (C=O) groups is 1. The van der Waals surface area contributed by atoms with Crippen molar-refractivity contribution in [1.29, 1.82) is 0 Å². The Kier molecular flexibility index (Phi) is 5.88. The summed E-state index contributed by atoms with van der Waals surface area (Å²) in [4.78, 5) is 14.4. The van der Waals surface area contributed by atoms with Crippen molar-refractivity contribution < 1.29 is 4.79 Å². The molecule has 18 heavy (non-hydrogen) atoms. The molecule has 2 rings (SSSR count). The summed E-state index contributed by atoms with van der Waals surface area (Å²) in [5.41, 5.74) is 1.93. The third-order valence-corrected chi connectivity index (χ3v) is 4.43. The maximum atomic E-state index is 12.5. The van der Waals surface area contributed by atoms with Gasteiger partial charge >= 0.3 is 0 Å². The van der Waals surface area contributed by atoms with Gasteiger partial charge in [-0.3, -0.25) is 4.79 Å². The van der Waals surface area contributed by atoms with Crippen LogP contribution in [-0.2, 0) is 0 Å². The zero-order valence-corrected chi connectivity index (χ0v) is 13.5. The van der Waals surface area contributed by atoms with E-state index in [1.807, 2.05) is 30.0 Å². The van der Waals surface area contributed by atoms with Crippen molar-refractivity contribution >= 4 is 40.9 Å². The molecule has 1 atom stereocenters. The number of hydrogen-bond acceptors (Lipinski definition) is 2. The molecule has 5 heteroatoms. The summed E-state index contributed by atoms with van der Waals surface area (Å²) in [7, 11) is 0. The lowest BCUT2D eigenvalue weighted by Crippen LogP contribution is -2.52. The first-order valence-electron chi connectivity index (χ1n) is 5.88. The number of nitrogens with one attached hydrogen (secondary N) is 1. The van der Waals surface area contributed by atoms with Crippen LogP contribution in [-0.4, -0.2) is 36.5 Å². The lowest BCUT2D eigenvalue weighted by Gasteiger charge is -2.34. The van der Waals surface area contributed by atoms with Gasteiger partial charge < -0.3 is 10.2 Å². The van der Waals surface area contributed by atoms with Crippen LogP contribution in [0.4, 0.5) is 0 Å². The molecule has 3 nitrogen and oxygen atoms in total. The van der Waals surface area contributed by atoms with Gasteiger partial charge in [0.05, 0.1) is 0 Å². The normalized spacial score (nSPS) is 19.3. The van der Waals surface area contributed by atoms with Crippen molar-refractivity contribution in [3.8, 4) is 0 Å². The highest BCUT2D eigenvalue weighted by molar-refractivity contribution is 14.1. The number of benzene rings is 1. The molecule has 0 spiro atoms. The molecule has 0 aliphatic carbocycles. The lowest BCUT2D eigenvalue weighted by molar-refractivity contribution is 0.0655. The van der Waals surface area contributed by atoms with Gasteiger partial charge in [0, 0.05) is 34.8 Å². The first-order valence-corrected chi connectivity index (χ1v) is 6.96. The van der Waals surface area contributed by atoms with E-state index in [2.05, 4.69) is 34.8 Å². The van der Waals surface area contributed by atoms with Crippen LogP contribution in [0, 0.1) is 10.5 Å². The van der Waals surface area contributed by atoms with Crippen LogP contribution in [0.25, 0.3) is 0 Å². The summed E-state index contributed by atoms with van der Waals surface area (Å²) in [5.74, 6) is 0.162. The van der Waals surface area contributed by atoms with Gasteiger partial charge in [-0.2, -0.15) is 0 Å². The second-order valence-electron chi connectivity index (χ2n) is 4.46.